The van der Waals surface area contributed by atoms with E-state index in [1.165, 1.54) is 6.20 Å². The first kappa shape index (κ1) is 14.0. The molecule has 0 saturated heterocycles. The van der Waals surface area contributed by atoms with E-state index in [9.17, 15) is 18.3 Å². The summed E-state index contributed by atoms with van der Waals surface area (Å²) in [5.74, 6) is -1.21. The summed E-state index contributed by atoms with van der Waals surface area (Å²) in [6, 6.07) is 1.94. The molecule has 1 heterocycles. The van der Waals surface area contributed by atoms with Crippen LogP contribution in [-0.4, -0.2) is 29.5 Å². The standard InChI is InChI=1S/C11H17N3O4S/c12-8-3-1-7(2-4-8)9-5-6-14(19(13,17)18)10(9)11(15)16/h5-8H,1-4,12H2,(H,15,16)(H2,13,17,18)/p+1. The SMILES string of the molecule is NS(=O)(=O)n1ccc(C2CCC([NH3+])CC2)c1C(=O)O. The second-order valence-corrected chi connectivity index (χ2v) is 6.41. The molecular weight excluding hydrogens is 270 g/mol. The Bertz CT molecular complexity index is 585. The third kappa shape index (κ3) is 2.80. The molecule has 106 valence electrons. The van der Waals surface area contributed by atoms with Gasteiger partial charge in [-0.3, -0.25) is 0 Å². The summed E-state index contributed by atoms with van der Waals surface area (Å²) in [4.78, 5) is 11.3. The lowest BCUT2D eigenvalue weighted by molar-refractivity contribution is -0.425. The van der Waals surface area contributed by atoms with Gasteiger partial charge < -0.3 is 10.8 Å². The van der Waals surface area contributed by atoms with Crippen molar-refractivity contribution in [3.05, 3.63) is 23.5 Å². The highest BCUT2D eigenvalue weighted by Gasteiger charge is 2.29. The summed E-state index contributed by atoms with van der Waals surface area (Å²) in [7, 11) is -4.08. The molecule has 0 amide bonds. The van der Waals surface area contributed by atoms with Gasteiger partial charge in [0.1, 0.15) is 5.69 Å². The zero-order chi connectivity index (χ0) is 14.2. The monoisotopic (exact) mass is 288 g/mol. The van der Waals surface area contributed by atoms with Crippen LogP contribution in [0.2, 0.25) is 0 Å². The Balaban J connectivity index is 2.42. The third-order valence-electron chi connectivity index (χ3n) is 3.65. The van der Waals surface area contributed by atoms with Gasteiger partial charge in [0.15, 0.2) is 0 Å². The van der Waals surface area contributed by atoms with E-state index < -0.39 is 16.2 Å². The Hall–Kier alpha value is -1.38. The van der Waals surface area contributed by atoms with Gasteiger partial charge in [0.2, 0.25) is 0 Å². The van der Waals surface area contributed by atoms with Crippen molar-refractivity contribution in [2.75, 3.05) is 0 Å². The van der Waals surface area contributed by atoms with Gasteiger partial charge >= 0.3 is 16.2 Å². The van der Waals surface area contributed by atoms with E-state index in [2.05, 4.69) is 5.73 Å². The second-order valence-electron chi connectivity index (χ2n) is 4.98. The number of carboxylic acids is 1. The number of carboxylic acid groups (broad SMARTS) is 1. The fourth-order valence-corrected chi connectivity index (χ4v) is 3.33. The van der Waals surface area contributed by atoms with Crippen LogP contribution in [0.4, 0.5) is 0 Å². The van der Waals surface area contributed by atoms with Crippen molar-refractivity contribution in [3.63, 3.8) is 0 Å². The molecule has 19 heavy (non-hydrogen) atoms. The number of aromatic nitrogens is 1. The molecule has 1 saturated carbocycles. The van der Waals surface area contributed by atoms with E-state index >= 15 is 0 Å². The number of aromatic carboxylic acids is 1. The zero-order valence-electron chi connectivity index (χ0n) is 10.4. The summed E-state index contributed by atoms with van der Waals surface area (Å²) in [6.07, 6.45) is 4.70. The highest BCUT2D eigenvalue weighted by molar-refractivity contribution is 7.87. The quantitative estimate of drug-likeness (QED) is 0.692. The van der Waals surface area contributed by atoms with Crippen LogP contribution in [0.25, 0.3) is 0 Å². The lowest BCUT2D eigenvalue weighted by atomic mass is 9.82. The maximum absolute atomic E-state index is 11.4. The van der Waals surface area contributed by atoms with Crippen LogP contribution in [0, 0.1) is 0 Å². The number of carbonyl (C=O) groups is 1. The van der Waals surface area contributed by atoms with Gasteiger partial charge in [-0.15, -0.1) is 0 Å². The maximum Gasteiger partial charge on any atom is 0.353 e. The Morgan fingerprint density at radius 1 is 1.37 bits per heavy atom. The van der Waals surface area contributed by atoms with Gasteiger partial charge in [0.25, 0.3) is 0 Å². The van der Waals surface area contributed by atoms with Crippen LogP contribution < -0.4 is 10.9 Å². The molecule has 1 aromatic rings. The molecule has 0 radical (unpaired) electrons. The van der Waals surface area contributed by atoms with Crippen molar-refractivity contribution in [1.29, 1.82) is 0 Å². The molecule has 6 N–H and O–H groups in total. The van der Waals surface area contributed by atoms with Crippen LogP contribution in [0.5, 0.6) is 0 Å². The van der Waals surface area contributed by atoms with E-state index in [0.717, 1.165) is 25.7 Å². The van der Waals surface area contributed by atoms with Gasteiger partial charge in [-0.1, -0.05) is 0 Å². The number of quaternary nitrogens is 1. The molecule has 7 nitrogen and oxygen atoms in total. The summed E-state index contributed by atoms with van der Waals surface area (Å²) in [5.41, 5.74) is 4.30. The predicted octanol–water partition coefficient (Wildman–Crippen LogP) is -0.494. The molecule has 1 aromatic heterocycles. The molecular formula is C11H18N3O4S+. The molecule has 1 aliphatic carbocycles. The maximum atomic E-state index is 11.4. The second kappa shape index (κ2) is 4.95. The number of hydrogen-bond acceptors (Lipinski definition) is 3. The highest BCUT2D eigenvalue weighted by atomic mass is 32.2. The summed E-state index contributed by atoms with van der Waals surface area (Å²) in [5, 5.41) is 14.3. The van der Waals surface area contributed by atoms with Crippen molar-refractivity contribution in [2.24, 2.45) is 5.14 Å². The molecule has 8 heteroatoms. The molecule has 2 rings (SSSR count). The van der Waals surface area contributed by atoms with Gasteiger partial charge in [-0.05, 0) is 43.2 Å². The number of rotatable bonds is 3. The van der Waals surface area contributed by atoms with Gasteiger partial charge in [0, 0.05) is 6.20 Å². The topological polar surface area (TPSA) is 130 Å². The Morgan fingerprint density at radius 3 is 2.42 bits per heavy atom. The van der Waals surface area contributed by atoms with Crippen LogP contribution >= 0.6 is 0 Å². The molecule has 0 spiro atoms. The van der Waals surface area contributed by atoms with E-state index in [4.69, 9.17) is 5.14 Å². The first-order chi connectivity index (χ1) is 8.80. The van der Waals surface area contributed by atoms with Crippen molar-refractivity contribution >= 4 is 16.2 Å². The molecule has 1 aliphatic rings. The first-order valence-electron chi connectivity index (χ1n) is 6.11. The fraction of sp³-hybridized carbons (Fsp3) is 0.545. The molecule has 0 unspecified atom stereocenters. The number of hydrogen-bond donors (Lipinski definition) is 3. The van der Waals surface area contributed by atoms with Crippen LogP contribution in [0.15, 0.2) is 12.3 Å². The average Bonchev–Trinajstić information content (AvgIpc) is 2.74. The summed E-state index contributed by atoms with van der Waals surface area (Å²) < 4.78 is 23.4. The molecule has 0 aliphatic heterocycles. The smallest absolute Gasteiger partial charge is 0.353 e. The van der Waals surface area contributed by atoms with Crippen molar-refractivity contribution in [1.82, 2.24) is 3.97 Å². The molecule has 0 atom stereocenters. The van der Waals surface area contributed by atoms with E-state index in [1.807, 2.05) is 0 Å². The lowest BCUT2D eigenvalue weighted by Gasteiger charge is -2.24. The predicted molar refractivity (Wildman–Crippen MR) is 67.8 cm³/mol. The summed E-state index contributed by atoms with van der Waals surface area (Å²) >= 11 is 0. The zero-order valence-corrected chi connectivity index (χ0v) is 11.3. The van der Waals surface area contributed by atoms with Crippen molar-refractivity contribution < 1.29 is 24.1 Å². The van der Waals surface area contributed by atoms with E-state index in [1.54, 1.807) is 6.07 Å². The van der Waals surface area contributed by atoms with Gasteiger partial charge in [-0.25, -0.2) is 13.9 Å². The largest absolute Gasteiger partial charge is 0.477 e. The lowest BCUT2D eigenvalue weighted by Crippen LogP contribution is -2.61. The fourth-order valence-electron chi connectivity index (χ4n) is 2.66. The Morgan fingerprint density at radius 2 is 1.95 bits per heavy atom. The third-order valence-corrected chi connectivity index (χ3v) is 4.50. The normalized spacial score (nSPS) is 24.3. The van der Waals surface area contributed by atoms with Gasteiger partial charge in [0.05, 0.1) is 6.04 Å². The molecule has 0 aromatic carbocycles. The summed E-state index contributed by atoms with van der Waals surface area (Å²) in [6.45, 7) is 0. The minimum absolute atomic E-state index is 0.0621. The molecule has 0 bridgehead atoms. The van der Waals surface area contributed by atoms with E-state index in [-0.39, 0.29) is 11.6 Å². The minimum atomic E-state index is -4.08. The average molecular weight is 288 g/mol. The Kier molecular flexibility index (Phi) is 3.66. The van der Waals surface area contributed by atoms with Crippen LogP contribution in [0.1, 0.15) is 47.7 Å². The van der Waals surface area contributed by atoms with E-state index in [0.29, 0.717) is 15.6 Å². The van der Waals surface area contributed by atoms with Crippen molar-refractivity contribution in [3.8, 4) is 0 Å². The Labute approximate surface area is 111 Å². The van der Waals surface area contributed by atoms with Gasteiger partial charge in [-0.2, -0.15) is 8.42 Å². The highest BCUT2D eigenvalue weighted by Crippen LogP contribution is 2.34. The van der Waals surface area contributed by atoms with Crippen LogP contribution in [-0.2, 0) is 10.2 Å². The molecule has 1 fully saturated rings. The number of nitrogens with zero attached hydrogens (tertiary/aromatic N) is 1. The van der Waals surface area contributed by atoms with Crippen molar-refractivity contribution in [2.45, 2.75) is 37.6 Å². The van der Waals surface area contributed by atoms with Crippen LogP contribution in [0.3, 0.4) is 0 Å². The first-order valence-corrected chi connectivity index (χ1v) is 7.62. The number of nitrogens with two attached hydrogens (primary N) is 1. The minimum Gasteiger partial charge on any atom is -0.477 e.